The molecule has 1 aromatic carbocycles. The van der Waals surface area contributed by atoms with Crippen molar-refractivity contribution in [1.82, 2.24) is 15.1 Å². The van der Waals surface area contributed by atoms with Crippen LogP contribution in [0.4, 0.5) is 11.4 Å². The quantitative estimate of drug-likeness (QED) is 0.611. The number of benzene rings is 1. The number of amides is 2. The van der Waals surface area contributed by atoms with E-state index >= 15 is 0 Å². The molecule has 2 heterocycles. The highest BCUT2D eigenvalue weighted by atomic mass is 16.6. The molecule has 9 heteroatoms. The summed E-state index contributed by atoms with van der Waals surface area (Å²) in [6.45, 7) is 5.39. The highest BCUT2D eigenvalue weighted by Gasteiger charge is 2.28. The Morgan fingerprint density at radius 3 is 2.39 bits per heavy atom. The third kappa shape index (κ3) is 4.24. The Balaban J connectivity index is 1.78. The molecule has 0 aliphatic carbocycles. The Hall–Kier alpha value is -2.68. The first kappa shape index (κ1) is 20.1. The molecule has 2 fully saturated rings. The number of anilines is 1. The third-order valence-corrected chi connectivity index (χ3v) is 5.66. The van der Waals surface area contributed by atoms with Crippen LogP contribution in [-0.2, 0) is 4.79 Å². The molecule has 0 saturated carbocycles. The van der Waals surface area contributed by atoms with Crippen LogP contribution in [0.2, 0.25) is 0 Å². The molecule has 0 bridgehead atoms. The number of nitro groups is 1. The van der Waals surface area contributed by atoms with Crippen molar-refractivity contribution < 1.29 is 14.5 Å². The van der Waals surface area contributed by atoms with E-state index in [4.69, 9.17) is 0 Å². The van der Waals surface area contributed by atoms with Gasteiger partial charge in [0.05, 0.1) is 4.92 Å². The lowest BCUT2D eigenvalue weighted by Crippen LogP contribution is -2.48. The number of carbonyl (C=O) groups excluding carboxylic acids is 2. The second kappa shape index (κ2) is 8.55. The molecule has 1 N–H and O–H groups in total. The second-order valence-electron chi connectivity index (χ2n) is 7.35. The van der Waals surface area contributed by atoms with Crippen LogP contribution in [0, 0.1) is 10.1 Å². The van der Waals surface area contributed by atoms with Gasteiger partial charge in [0.2, 0.25) is 5.91 Å². The van der Waals surface area contributed by atoms with Crippen molar-refractivity contribution in [2.45, 2.75) is 25.8 Å². The minimum Gasteiger partial charge on any atom is -0.362 e. The Bertz CT molecular complexity index is 755. The molecule has 2 amide bonds. The largest absolute Gasteiger partial charge is 0.362 e. The van der Waals surface area contributed by atoms with E-state index in [1.54, 1.807) is 29.0 Å². The average molecular weight is 389 g/mol. The molecular formula is C19H27N5O4. The highest BCUT2D eigenvalue weighted by molar-refractivity contribution is 5.96. The van der Waals surface area contributed by atoms with E-state index in [1.165, 1.54) is 13.0 Å². The van der Waals surface area contributed by atoms with Gasteiger partial charge < -0.3 is 20.0 Å². The predicted octanol–water partition coefficient (Wildman–Crippen LogP) is 1.09. The number of nitrogens with one attached hydrogen (secondary N) is 1. The number of hydrogen-bond donors (Lipinski definition) is 1. The molecule has 1 aromatic rings. The molecule has 2 saturated heterocycles. The van der Waals surface area contributed by atoms with E-state index in [2.05, 4.69) is 5.32 Å². The highest BCUT2D eigenvalue weighted by Crippen LogP contribution is 2.31. The van der Waals surface area contributed by atoms with Gasteiger partial charge in [0.15, 0.2) is 0 Å². The number of piperazine rings is 1. The summed E-state index contributed by atoms with van der Waals surface area (Å²) in [4.78, 5) is 40.9. The normalized spacial score (nSPS) is 18.1. The van der Waals surface area contributed by atoms with Crippen molar-refractivity contribution in [2.75, 3.05) is 51.2 Å². The van der Waals surface area contributed by atoms with E-state index < -0.39 is 4.92 Å². The van der Waals surface area contributed by atoms with Crippen molar-refractivity contribution in [3.05, 3.63) is 33.9 Å². The van der Waals surface area contributed by atoms with Crippen molar-refractivity contribution in [1.29, 1.82) is 0 Å². The maximum atomic E-state index is 12.8. The lowest BCUT2D eigenvalue weighted by Gasteiger charge is -2.35. The van der Waals surface area contributed by atoms with E-state index in [0.29, 0.717) is 37.4 Å². The summed E-state index contributed by atoms with van der Waals surface area (Å²) in [5, 5.41) is 14.9. The SMILES string of the molecule is CC(=O)N1CCN(c2ccc(C(=O)N(C)C3CCNCC3)cc2[N+](=O)[O-])CC1. The van der Waals surface area contributed by atoms with Gasteiger partial charge in [0.1, 0.15) is 5.69 Å². The number of nitro benzene ring substituents is 1. The molecule has 2 aliphatic rings. The molecular weight excluding hydrogens is 362 g/mol. The standard InChI is InChI=1S/C19H27N5O4/c1-14(25)22-9-11-23(12-10-22)17-4-3-15(13-18(17)24(27)28)19(26)21(2)16-5-7-20-8-6-16/h3-4,13,16,20H,5-12H2,1-2H3. The summed E-state index contributed by atoms with van der Waals surface area (Å²) in [5.74, 6) is -0.181. The van der Waals surface area contributed by atoms with Gasteiger partial charge in [-0.2, -0.15) is 0 Å². The first-order chi connectivity index (χ1) is 13.4. The number of nitrogens with zero attached hydrogens (tertiary/aromatic N) is 4. The first-order valence-electron chi connectivity index (χ1n) is 9.65. The molecule has 0 unspecified atom stereocenters. The molecule has 0 radical (unpaired) electrons. The fourth-order valence-electron chi connectivity index (χ4n) is 3.90. The number of rotatable bonds is 4. The molecule has 0 aromatic heterocycles. The molecule has 3 rings (SSSR count). The third-order valence-electron chi connectivity index (χ3n) is 5.66. The molecule has 2 aliphatic heterocycles. The van der Waals surface area contributed by atoms with Crippen molar-refractivity contribution in [3.8, 4) is 0 Å². The zero-order chi connectivity index (χ0) is 20.3. The van der Waals surface area contributed by atoms with Crippen LogP contribution in [0.15, 0.2) is 18.2 Å². The number of piperidine rings is 1. The minimum atomic E-state index is -0.437. The van der Waals surface area contributed by atoms with Gasteiger partial charge in [0, 0.05) is 57.8 Å². The summed E-state index contributed by atoms with van der Waals surface area (Å²) in [6.07, 6.45) is 1.76. The number of hydrogen-bond acceptors (Lipinski definition) is 6. The van der Waals surface area contributed by atoms with Gasteiger partial charge in [-0.15, -0.1) is 0 Å². The minimum absolute atomic E-state index is 0.0102. The topological polar surface area (TPSA) is 99.0 Å². The molecule has 152 valence electrons. The predicted molar refractivity (Wildman–Crippen MR) is 106 cm³/mol. The van der Waals surface area contributed by atoms with Crippen molar-refractivity contribution >= 4 is 23.2 Å². The van der Waals surface area contributed by atoms with Crippen LogP contribution in [-0.4, -0.2) is 78.9 Å². The lowest BCUT2D eigenvalue weighted by atomic mass is 10.0. The zero-order valence-corrected chi connectivity index (χ0v) is 16.4. The summed E-state index contributed by atoms with van der Waals surface area (Å²) >= 11 is 0. The van der Waals surface area contributed by atoms with Gasteiger partial charge in [-0.3, -0.25) is 19.7 Å². The Labute approximate surface area is 164 Å². The van der Waals surface area contributed by atoms with Gasteiger partial charge in [-0.05, 0) is 38.1 Å². The van der Waals surface area contributed by atoms with E-state index in [1.807, 2.05) is 4.90 Å². The monoisotopic (exact) mass is 389 g/mol. The van der Waals surface area contributed by atoms with Gasteiger partial charge in [0.25, 0.3) is 11.6 Å². The van der Waals surface area contributed by atoms with Gasteiger partial charge in [-0.25, -0.2) is 0 Å². The van der Waals surface area contributed by atoms with Crippen LogP contribution in [0.25, 0.3) is 0 Å². The number of carbonyl (C=O) groups is 2. The summed E-state index contributed by atoms with van der Waals surface area (Å²) in [6, 6.07) is 4.85. The summed E-state index contributed by atoms with van der Waals surface area (Å²) in [7, 11) is 1.76. The van der Waals surface area contributed by atoms with E-state index in [9.17, 15) is 19.7 Å². The lowest BCUT2D eigenvalue weighted by molar-refractivity contribution is -0.384. The molecule has 0 atom stereocenters. The van der Waals surface area contributed by atoms with Crippen LogP contribution < -0.4 is 10.2 Å². The van der Waals surface area contributed by atoms with Crippen molar-refractivity contribution in [2.24, 2.45) is 0 Å². The van der Waals surface area contributed by atoms with Crippen molar-refractivity contribution in [3.63, 3.8) is 0 Å². The van der Waals surface area contributed by atoms with Gasteiger partial charge >= 0.3 is 0 Å². The molecule has 28 heavy (non-hydrogen) atoms. The average Bonchev–Trinajstić information content (AvgIpc) is 2.73. The maximum absolute atomic E-state index is 12.8. The summed E-state index contributed by atoms with van der Waals surface area (Å²) in [5.41, 5.74) is 0.758. The van der Waals surface area contributed by atoms with Crippen LogP contribution in [0.1, 0.15) is 30.1 Å². The molecule has 9 nitrogen and oxygen atoms in total. The van der Waals surface area contributed by atoms with Crippen LogP contribution in [0.5, 0.6) is 0 Å². The van der Waals surface area contributed by atoms with Crippen LogP contribution in [0.3, 0.4) is 0 Å². The van der Waals surface area contributed by atoms with E-state index in [0.717, 1.165) is 25.9 Å². The summed E-state index contributed by atoms with van der Waals surface area (Å²) < 4.78 is 0. The molecule has 0 spiro atoms. The Morgan fingerprint density at radius 1 is 1.18 bits per heavy atom. The first-order valence-corrected chi connectivity index (χ1v) is 9.65. The fourth-order valence-corrected chi connectivity index (χ4v) is 3.90. The Kier molecular flexibility index (Phi) is 6.13. The maximum Gasteiger partial charge on any atom is 0.293 e. The zero-order valence-electron chi connectivity index (χ0n) is 16.4. The van der Waals surface area contributed by atoms with Gasteiger partial charge in [-0.1, -0.05) is 0 Å². The second-order valence-corrected chi connectivity index (χ2v) is 7.35. The Morgan fingerprint density at radius 2 is 1.82 bits per heavy atom. The van der Waals surface area contributed by atoms with E-state index in [-0.39, 0.29) is 23.5 Å². The van der Waals surface area contributed by atoms with Crippen LogP contribution >= 0.6 is 0 Å². The smallest absolute Gasteiger partial charge is 0.293 e. The fraction of sp³-hybridized carbons (Fsp3) is 0.579.